The standard InChI is InChI=1S/C12H17ClO2/c1-8(2)14-10-6-5-7-11(12(10)13)15-9(3)4/h5-9H,1-4H3. The van der Waals surface area contributed by atoms with Crippen LogP contribution in [0, 0.1) is 0 Å². The van der Waals surface area contributed by atoms with Gasteiger partial charge >= 0.3 is 0 Å². The number of hydrogen-bond donors (Lipinski definition) is 0. The second-order valence-corrected chi connectivity index (χ2v) is 4.28. The van der Waals surface area contributed by atoms with E-state index in [-0.39, 0.29) is 12.2 Å². The second-order valence-electron chi connectivity index (χ2n) is 3.90. The van der Waals surface area contributed by atoms with Crippen LogP contribution in [-0.4, -0.2) is 12.2 Å². The number of ether oxygens (including phenoxy) is 2. The molecule has 0 N–H and O–H groups in total. The summed E-state index contributed by atoms with van der Waals surface area (Å²) in [5.74, 6) is 1.34. The highest BCUT2D eigenvalue weighted by Gasteiger charge is 2.10. The lowest BCUT2D eigenvalue weighted by molar-refractivity contribution is 0.229. The molecule has 0 fully saturated rings. The fourth-order valence-electron chi connectivity index (χ4n) is 1.18. The Labute approximate surface area is 96.2 Å². The molecule has 0 amide bonds. The number of halogens is 1. The topological polar surface area (TPSA) is 18.5 Å². The molecule has 2 nitrogen and oxygen atoms in total. The fourth-order valence-corrected chi connectivity index (χ4v) is 1.40. The third-order valence-corrected chi connectivity index (χ3v) is 2.03. The van der Waals surface area contributed by atoms with Gasteiger partial charge in [0, 0.05) is 0 Å². The van der Waals surface area contributed by atoms with E-state index in [9.17, 15) is 0 Å². The van der Waals surface area contributed by atoms with Crippen LogP contribution in [0.4, 0.5) is 0 Å². The molecule has 3 heteroatoms. The van der Waals surface area contributed by atoms with Gasteiger partial charge in [-0.2, -0.15) is 0 Å². The van der Waals surface area contributed by atoms with E-state index >= 15 is 0 Å². The fraction of sp³-hybridized carbons (Fsp3) is 0.500. The zero-order valence-corrected chi connectivity index (χ0v) is 10.3. The van der Waals surface area contributed by atoms with Gasteiger partial charge in [0.2, 0.25) is 0 Å². The zero-order valence-electron chi connectivity index (χ0n) is 9.58. The average molecular weight is 229 g/mol. The summed E-state index contributed by atoms with van der Waals surface area (Å²) in [5.41, 5.74) is 0. The molecule has 0 bridgehead atoms. The molecule has 0 aliphatic carbocycles. The van der Waals surface area contributed by atoms with Crippen molar-refractivity contribution in [3.05, 3.63) is 23.2 Å². The minimum absolute atomic E-state index is 0.108. The predicted molar refractivity (Wildman–Crippen MR) is 63.0 cm³/mol. The highest BCUT2D eigenvalue weighted by atomic mass is 35.5. The summed E-state index contributed by atoms with van der Waals surface area (Å²) in [6, 6.07) is 5.56. The van der Waals surface area contributed by atoms with E-state index in [0.717, 1.165) is 0 Å². The maximum Gasteiger partial charge on any atom is 0.142 e. The zero-order chi connectivity index (χ0) is 11.4. The first kappa shape index (κ1) is 12.2. The Morgan fingerprint density at radius 1 is 0.933 bits per heavy atom. The third-order valence-electron chi connectivity index (χ3n) is 1.65. The summed E-state index contributed by atoms with van der Waals surface area (Å²) < 4.78 is 11.1. The van der Waals surface area contributed by atoms with Gasteiger partial charge in [-0.05, 0) is 39.8 Å². The van der Waals surface area contributed by atoms with Crippen LogP contribution in [0.5, 0.6) is 11.5 Å². The minimum atomic E-state index is 0.108. The summed E-state index contributed by atoms with van der Waals surface area (Å²) in [7, 11) is 0. The highest BCUT2D eigenvalue weighted by Crippen LogP contribution is 2.34. The van der Waals surface area contributed by atoms with Crippen LogP contribution >= 0.6 is 11.6 Å². The van der Waals surface area contributed by atoms with Crippen molar-refractivity contribution in [1.29, 1.82) is 0 Å². The van der Waals surface area contributed by atoms with Crippen LogP contribution in [0.2, 0.25) is 5.02 Å². The molecule has 0 radical (unpaired) electrons. The van der Waals surface area contributed by atoms with Gasteiger partial charge in [-0.25, -0.2) is 0 Å². The second kappa shape index (κ2) is 5.26. The van der Waals surface area contributed by atoms with E-state index in [4.69, 9.17) is 21.1 Å². The lowest BCUT2D eigenvalue weighted by Gasteiger charge is -2.15. The van der Waals surface area contributed by atoms with E-state index in [2.05, 4.69) is 0 Å². The Bertz CT molecular complexity index is 293. The lowest BCUT2D eigenvalue weighted by Crippen LogP contribution is -2.08. The van der Waals surface area contributed by atoms with Crippen LogP contribution in [0.3, 0.4) is 0 Å². The van der Waals surface area contributed by atoms with Crippen LogP contribution < -0.4 is 9.47 Å². The first-order chi connectivity index (χ1) is 7.00. The van der Waals surface area contributed by atoms with Gasteiger partial charge in [0.25, 0.3) is 0 Å². The first-order valence-corrected chi connectivity index (χ1v) is 5.50. The first-order valence-electron chi connectivity index (χ1n) is 5.12. The molecular weight excluding hydrogens is 212 g/mol. The van der Waals surface area contributed by atoms with Crippen LogP contribution in [-0.2, 0) is 0 Å². The van der Waals surface area contributed by atoms with Crippen molar-refractivity contribution in [3.63, 3.8) is 0 Å². The number of benzene rings is 1. The van der Waals surface area contributed by atoms with Crippen molar-refractivity contribution in [1.82, 2.24) is 0 Å². The molecule has 1 rings (SSSR count). The predicted octanol–water partition coefficient (Wildman–Crippen LogP) is 3.91. The molecule has 0 heterocycles. The van der Waals surface area contributed by atoms with E-state index in [1.54, 1.807) is 0 Å². The molecule has 1 aromatic rings. The molecule has 0 spiro atoms. The van der Waals surface area contributed by atoms with E-state index < -0.39 is 0 Å². The van der Waals surface area contributed by atoms with Crippen molar-refractivity contribution < 1.29 is 9.47 Å². The molecule has 1 aromatic carbocycles. The van der Waals surface area contributed by atoms with Gasteiger partial charge in [0.05, 0.1) is 12.2 Å². The number of rotatable bonds is 4. The monoisotopic (exact) mass is 228 g/mol. The maximum absolute atomic E-state index is 6.15. The van der Waals surface area contributed by atoms with E-state index in [1.165, 1.54) is 0 Å². The van der Waals surface area contributed by atoms with E-state index in [1.807, 2.05) is 45.9 Å². The van der Waals surface area contributed by atoms with Gasteiger partial charge in [-0.3, -0.25) is 0 Å². The normalized spacial score (nSPS) is 10.9. The molecule has 15 heavy (non-hydrogen) atoms. The molecule has 0 saturated heterocycles. The summed E-state index contributed by atoms with van der Waals surface area (Å²) in [4.78, 5) is 0. The molecular formula is C12H17ClO2. The van der Waals surface area contributed by atoms with E-state index in [0.29, 0.717) is 16.5 Å². The molecule has 0 aliphatic heterocycles. The summed E-state index contributed by atoms with van der Waals surface area (Å²) in [6.07, 6.45) is 0.216. The smallest absolute Gasteiger partial charge is 0.142 e. The molecule has 0 saturated carbocycles. The molecule has 0 atom stereocenters. The van der Waals surface area contributed by atoms with Crippen molar-refractivity contribution in [2.75, 3.05) is 0 Å². The quantitative estimate of drug-likeness (QED) is 0.778. The van der Waals surface area contributed by atoms with Gasteiger partial charge in [0.15, 0.2) is 0 Å². The Balaban J connectivity index is 2.90. The summed E-state index contributed by atoms with van der Waals surface area (Å²) in [6.45, 7) is 7.86. The van der Waals surface area contributed by atoms with Gasteiger partial charge in [-0.1, -0.05) is 17.7 Å². The van der Waals surface area contributed by atoms with Crippen molar-refractivity contribution in [2.24, 2.45) is 0 Å². The Morgan fingerprint density at radius 3 is 1.67 bits per heavy atom. The molecule has 0 aliphatic rings. The largest absolute Gasteiger partial charge is 0.489 e. The SMILES string of the molecule is CC(C)Oc1cccc(OC(C)C)c1Cl. The summed E-state index contributed by atoms with van der Waals surface area (Å²) >= 11 is 6.15. The third kappa shape index (κ3) is 3.63. The number of hydrogen-bond acceptors (Lipinski definition) is 2. The molecule has 84 valence electrons. The van der Waals surface area contributed by atoms with Crippen molar-refractivity contribution in [2.45, 2.75) is 39.9 Å². The van der Waals surface area contributed by atoms with Gasteiger partial charge in [0.1, 0.15) is 16.5 Å². The maximum atomic E-state index is 6.15. The van der Waals surface area contributed by atoms with Crippen LogP contribution in [0.25, 0.3) is 0 Å². The van der Waals surface area contributed by atoms with Crippen molar-refractivity contribution in [3.8, 4) is 11.5 Å². The Morgan fingerprint density at radius 2 is 1.33 bits per heavy atom. The molecule has 0 aromatic heterocycles. The molecule has 0 unspecified atom stereocenters. The minimum Gasteiger partial charge on any atom is -0.489 e. The highest BCUT2D eigenvalue weighted by molar-refractivity contribution is 6.33. The summed E-state index contributed by atoms with van der Waals surface area (Å²) in [5, 5.41) is 0.542. The van der Waals surface area contributed by atoms with Gasteiger partial charge in [-0.15, -0.1) is 0 Å². The van der Waals surface area contributed by atoms with Gasteiger partial charge < -0.3 is 9.47 Å². The average Bonchev–Trinajstić information content (AvgIpc) is 2.10. The Hall–Kier alpha value is -0.890. The lowest BCUT2D eigenvalue weighted by atomic mass is 10.3. The van der Waals surface area contributed by atoms with Crippen LogP contribution in [0.1, 0.15) is 27.7 Å². The van der Waals surface area contributed by atoms with Crippen LogP contribution in [0.15, 0.2) is 18.2 Å². The Kier molecular flexibility index (Phi) is 4.28. The van der Waals surface area contributed by atoms with Crippen molar-refractivity contribution >= 4 is 11.6 Å².